The molecule has 1 atom stereocenters. The van der Waals surface area contributed by atoms with Crippen LogP contribution >= 0.6 is 0 Å². The van der Waals surface area contributed by atoms with Crippen LogP contribution in [0.2, 0.25) is 0 Å². The highest BCUT2D eigenvalue weighted by molar-refractivity contribution is 5.80. The lowest BCUT2D eigenvalue weighted by Crippen LogP contribution is -2.56. The molecular formula is C15H29NO2. The fraction of sp³-hybridized carbons (Fsp3) is 0.933. The molecule has 0 aromatic rings. The molecule has 1 N–H and O–H groups in total. The van der Waals surface area contributed by atoms with E-state index in [1.165, 1.54) is 19.3 Å². The van der Waals surface area contributed by atoms with Crippen molar-refractivity contribution in [2.75, 3.05) is 13.1 Å². The molecule has 1 heterocycles. The van der Waals surface area contributed by atoms with Crippen molar-refractivity contribution in [2.24, 2.45) is 11.3 Å². The summed E-state index contributed by atoms with van der Waals surface area (Å²) >= 11 is 0. The molecule has 0 saturated carbocycles. The first-order valence-electron chi connectivity index (χ1n) is 7.33. The van der Waals surface area contributed by atoms with Gasteiger partial charge in [-0.1, -0.05) is 53.4 Å². The Bertz CT molecular complexity index is 264. The van der Waals surface area contributed by atoms with Crippen molar-refractivity contribution >= 4 is 5.91 Å². The van der Waals surface area contributed by atoms with E-state index in [4.69, 9.17) is 0 Å². The summed E-state index contributed by atoms with van der Waals surface area (Å²) in [5.74, 6) is 0.339. The largest absolute Gasteiger partial charge is 0.389 e. The maximum atomic E-state index is 12.4. The van der Waals surface area contributed by atoms with Crippen LogP contribution in [0, 0.1) is 11.3 Å². The highest BCUT2D eigenvalue weighted by atomic mass is 16.3. The second-order valence-electron chi connectivity index (χ2n) is 6.66. The highest BCUT2D eigenvalue weighted by Gasteiger charge is 2.38. The van der Waals surface area contributed by atoms with Crippen LogP contribution in [-0.2, 0) is 4.79 Å². The number of likely N-dealkylation sites (tertiary alicyclic amines) is 1. The van der Waals surface area contributed by atoms with Gasteiger partial charge in [-0.25, -0.2) is 0 Å². The second-order valence-corrected chi connectivity index (χ2v) is 6.66. The quantitative estimate of drug-likeness (QED) is 0.741. The normalized spacial score (nSPS) is 18.6. The summed E-state index contributed by atoms with van der Waals surface area (Å²) in [6.45, 7) is 9.69. The average Bonchev–Trinajstić information content (AvgIpc) is 2.22. The van der Waals surface area contributed by atoms with Gasteiger partial charge >= 0.3 is 0 Å². The van der Waals surface area contributed by atoms with E-state index in [-0.39, 0.29) is 23.3 Å². The van der Waals surface area contributed by atoms with Crippen LogP contribution < -0.4 is 0 Å². The van der Waals surface area contributed by atoms with Gasteiger partial charge in [0.05, 0.1) is 6.10 Å². The molecule has 0 aliphatic carbocycles. The Morgan fingerprint density at radius 3 is 2.33 bits per heavy atom. The molecule has 0 radical (unpaired) electrons. The van der Waals surface area contributed by atoms with Gasteiger partial charge in [-0.2, -0.15) is 0 Å². The topological polar surface area (TPSA) is 40.5 Å². The molecular weight excluding hydrogens is 226 g/mol. The number of carbonyl (C=O) groups is 1. The zero-order chi connectivity index (χ0) is 13.8. The molecule has 1 unspecified atom stereocenters. The minimum Gasteiger partial charge on any atom is -0.389 e. The Hall–Kier alpha value is -0.570. The van der Waals surface area contributed by atoms with Crippen molar-refractivity contribution in [3.8, 4) is 0 Å². The summed E-state index contributed by atoms with van der Waals surface area (Å²) in [6, 6.07) is 0. The van der Waals surface area contributed by atoms with Crippen molar-refractivity contribution in [2.45, 2.75) is 65.9 Å². The number of amides is 1. The van der Waals surface area contributed by atoms with Crippen LogP contribution in [-0.4, -0.2) is 35.1 Å². The molecule has 18 heavy (non-hydrogen) atoms. The Balaban J connectivity index is 2.48. The number of hydrogen-bond acceptors (Lipinski definition) is 2. The van der Waals surface area contributed by atoms with E-state index in [0.29, 0.717) is 13.1 Å². The van der Waals surface area contributed by atoms with Gasteiger partial charge < -0.3 is 10.0 Å². The van der Waals surface area contributed by atoms with Gasteiger partial charge in [-0.15, -0.1) is 0 Å². The molecule has 3 heteroatoms. The molecule has 1 saturated heterocycles. The van der Waals surface area contributed by atoms with Crippen LogP contribution in [0.1, 0.15) is 59.8 Å². The summed E-state index contributed by atoms with van der Waals surface area (Å²) in [5, 5.41) is 9.30. The average molecular weight is 255 g/mol. The van der Waals surface area contributed by atoms with E-state index in [1.807, 2.05) is 0 Å². The summed E-state index contributed by atoms with van der Waals surface area (Å²) in [6.07, 6.45) is 5.53. The summed E-state index contributed by atoms with van der Waals surface area (Å²) < 4.78 is 0. The molecule has 0 aromatic carbocycles. The highest BCUT2D eigenvalue weighted by Crippen LogP contribution is 2.33. The van der Waals surface area contributed by atoms with Gasteiger partial charge in [0.25, 0.3) is 0 Å². The minimum absolute atomic E-state index is 0.0177. The van der Waals surface area contributed by atoms with Gasteiger partial charge in [-0.05, 0) is 11.8 Å². The number of nitrogens with zero attached hydrogens (tertiary/aromatic N) is 1. The third-order valence-corrected chi connectivity index (χ3v) is 3.86. The monoisotopic (exact) mass is 255 g/mol. The summed E-state index contributed by atoms with van der Waals surface area (Å²) in [5.41, 5.74) is 0.0177. The van der Waals surface area contributed by atoms with Gasteiger partial charge in [0, 0.05) is 19.0 Å². The molecule has 1 aliphatic heterocycles. The summed E-state index contributed by atoms with van der Waals surface area (Å²) in [4.78, 5) is 14.2. The molecule has 106 valence electrons. The molecule has 0 bridgehead atoms. The summed E-state index contributed by atoms with van der Waals surface area (Å²) in [7, 11) is 0. The van der Waals surface area contributed by atoms with Crippen molar-refractivity contribution in [1.29, 1.82) is 0 Å². The van der Waals surface area contributed by atoms with Crippen LogP contribution in [0.25, 0.3) is 0 Å². The molecule has 0 spiro atoms. The predicted molar refractivity (Wildman–Crippen MR) is 74.3 cm³/mol. The number of hydrogen-bond donors (Lipinski definition) is 1. The second kappa shape index (κ2) is 6.55. The maximum absolute atomic E-state index is 12.4. The fourth-order valence-corrected chi connectivity index (χ4v) is 2.56. The molecule has 1 aliphatic rings. The Labute approximate surface area is 112 Å². The van der Waals surface area contributed by atoms with Gasteiger partial charge in [0.1, 0.15) is 0 Å². The lowest BCUT2D eigenvalue weighted by Gasteiger charge is -2.41. The third kappa shape index (κ3) is 4.27. The van der Waals surface area contributed by atoms with Gasteiger partial charge in [0.2, 0.25) is 5.91 Å². The number of β-amino-alcohol motifs (C(OH)–C–C–N with tert-alkyl or cyclic N) is 1. The number of aliphatic hydroxyl groups excluding tert-OH is 1. The van der Waals surface area contributed by atoms with E-state index in [1.54, 1.807) is 4.90 Å². The standard InChI is InChI=1S/C15H29NO2/c1-5-6-7-8-9-13(15(2,3)4)14(18)16-10-12(17)11-16/h12-13,17H,5-11H2,1-4H3. The number of carbonyl (C=O) groups excluding carboxylic acids is 1. The van der Waals surface area contributed by atoms with E-state index in [2.05, 4.69) is 27.7 Å². The molecule has 0 aromatic heterocycles. The first-order chi connectivity index (χ1) is 8.36. The Morgan fingerprint density at radius 1 is 1.28 bits per heavy atom. The van der Waals surface area contributed by atoms with Crippen molar-refractivity contribution in [3.05, 3.63) is 0 Å². The van der Waals surface area contributed by atoms with Crippen molar-refractivity contribution < 1.29 is 9.90 Å². The predicted octanol–water partition coefficient (Wildman–Crippen LogP) is 2.82. The van der Waals surface area contributed by atoms with Crippen LogP contribution in [0.3, 0.4) is 0 Å². The van der Waals surface area contributed by atoms with Crippen molar-refractivity contribution in [3.63, 3.8) is 0 Å². The molecule has 1 fully saturated rings. The van der Waals surface area contributed by atoms with Crippen LogP contribution in [0.5, 0.6) is 0 Å². The first kappa shape index (κ1) is 15.5. The fourth-order valence-electron chi connectivity index (χ4n) is 2.56. The molecule has 1 amide bonds. The van der Waals surface area contributed by atoms with E-state index in [9.17, 15) is 9.90 Å². The van der Waals surface area contributed by atoms with Gasteiger partial charge in [0.15, 0.2) is 0 Å². The number of aliphatic hydroxyl groups is 1. The SMILES string of the molecule is CCCCCCC(C(=O)N1CC(O)C1)C(C)(C)C. The van der Waals surface area contributed by atoms with Gasteiger partial charge in [-0.3, -0.25) is 4.79 Å². The first-order valence-corrected chi connectivity index (χ1v) is 7.33. The van der Waals surface area contributed by atoms with Crippen LogP contribution in [0.15, 0.2) is 0 Å². The Kier molecular flexibility index (Phi) is 5.64. The van der Waals surface area contributed by atoms with E-state index in [0.717, 1.165) is 12.8 Å². The smallest absolute Gasteiger partial charge is 0.226 e. The molecule has 3 nitrogen and oxygen atoms in total. The minimum atomic E-state index is -0.297. The van der Waals surface area contributed by atoms with E-state index >= 15 is 0 Å². The number of rotatable bonds is 6. The maximum Gasteiger partial charge on any atom is 0.226 e. The number of unbranched alkanes of at least 4 members (excludes halogenated alkanes) is 3. The zero-order valence-electron chi connectivity index (χ0n) is 12.4. The Morgan fingerprint density at radius 2 is 1.89 bits per heavy atom. The molecule has 1 rings (SSSR count). The van der Waals surface area contributed by atoms with Crippen LogP contribution in [0.4, 0.5) is 0 Å². The van der Waals surface area contributed by atoms with Crippen molar-refractivity contribution in [1.82, 2.24) is 4.90 Å². The zero-order valence-corrected chi connectivity index (χ0v) is 12.4. The lowest BCUT2D eigenvalue weighted by atomic mass is 9.76. The lowest BCUT2D eigenvalue weighted by molar-refractivity contribution is -0.149. The third-order valence-electron chi connectivity index (χ3n) is 3.86. The van der Waals surface area contributed by atoms with E-state index < -0.39 is 0 Å².